The fraction of sp³-hybridized carbons (Fsp3) is 0.222. The molecule has 0 spiro atoms. The summed E-state index contributed by atoms with van der Waals surface area (Å²) in [7, 11) is 0. The van der Waals surface area contributed by atoms with Crippen molar-refractivity contribution < 1.29 is 13.6 Å². The van der Waals surface area contributed by atoms with Crippen LogP contribution < -0.4 is 0 Å². The zero-order valence-electron chi connectivity index (χ0n) is 6.64. The van der Waals surface area contributed by atoms with Gasteiger partial charge in [-0.25, -0.2) is 8.78 Å². The summed E-state index contributed by atoms with van der Waals surface area (Å²) < 4.78 is 24.7. The predicted molar refractivity (Wildman–Crippen MR) is 49.5 cm³/mol. The van der Waals surface area contributed by atoms with Crippen LogP contribution in [0.1, 0.15) is 22.3 Å². The monoisotopic (exact) mass is 248 g/mol. The van der Waals surface area contributed by atoms with E-state index in [1.807, 2.05) is 0 Å². The lowest BCUT2D eigenvalue weighted by molar-refractivity contribution is 0.100. The Hall–Kier alpha value is -0.770. The molecule has 1 aromatic carbocycles. The molecule has 0 amide bonds. The topological polar surface area (TPSA) is 17.1 Å². The molecule has 0 radical (unpaired) electrons. The molecule has 1 aromatic rings. The van der Waals surface area contributed by atoms with E-state index in [9.17, 15) is 13.6 Å². The van der Waals surface area contributed by atoms with E-state index >= 15 is 0 Å². The van der Waals surface area contributed by atoms with Gasteiger partial charge in [-0.05, 0) is 0 Å². The van der Waals surface area contributed by atoms with E-state index in [0.29, 0.717) is 0 Å². The predicted octanol–water partition coefficient (Wildman–Crippen LogP) is 3.20. The van der Waals surface area contributed by atoms with Crippen molar-refractivity contribution in [3.05, 3.63) is 35.4 Å². The molecular weight excluding hydrogens is 242 g/mol. The third kappa shape index (κ3) is 2.34. The zero-order chi connectivity index (χ0) is 9.84. The molecule has 0 bridgehead atoms. The third-order valence-corrected chi connectivity index (χ3v) is 2.13. The molecule has 0 atom stereocenters. The largest absolute Gasteiger partial charge is 0.293 e. The van der Waals surface area contributed by atoms with E-state index in [1.54, 1.807) is 6.07 Å². The smallest absolute Gasteiger partial charge is 0.264 e. The molecule has 1 rings (SSSR count). The highest BCUT2D eigenvalue weighted by atomic mass is 79.9. The first-order valence-electron chi connectivity index (χ1n) is 3.63. The minimum atomic E-state index is -2.60. The SMILES string of the molecule is O=C(CBr)c1ccccc1C(F)F. The second-order valence-corrected chi connectivity index (χ2v) is 3.01. The number of rotatable bonds is 3. The van der Waals surface area contributed by atoms with Crippen LogP contribution in [0.3, 0.4) is 0 Å². The molecule has 13 heavy (non-hydrogen) atoms. The van der Waals surface area contributed by atoms with Crippen LogP contribution in [0.15, 0.2) is 24.3 Å². The van der Waals surface area contributed by atoms with Gasteiger partial charge in [-0.3, -0.25) is 4.79 Å². The normalized spacial score (nSPS) is 10.5. The summed E-state index contributed by atoms with van der Waals surface area (Å²) in [6.45, 7) is 0. The lowest BCUT2D eigenvalue weighted by atomic mass is 10.1. The van der Waals surface area contributed by atoms with Crippen LogP contribution in [0, 0.1) is 0 Å². The second-order valence-electron chi connectivity index (χ2n) is 2.44. The Morgan fingerprint density at radius 3 is 2.54 bits per heavy atom. The number of ketones is 1. The van der Waals surface area contributed by atoms with Crippen molar-refractivity contribution in [2.45, 2.75) is 6.43 Å². The zero-order valence-corrected chi connectivity index (χ0v) is 8.22. The lowest BCUT2D eigenvalue weighted by Crippen LogP contribution is -2.04. The summed E-state index contributed by atoms with van der Waals surface area (Å²) in [5.74, 6) is -0.323. The van der Waals surface area contributed by atoms with Gasteiger partial charge in [0, 0.05) is 11.1 Å². The van der Waals surface area contributed by atoms with E-state index in [0.717, 1.165) is 0 Å². The molecule has 0 saturated heterocycles. The summed E-state index contributed by atoms with van der Waals surface area (Å²) in [4.78, 5) is 11.2. The summed E-state index contributed by atoms with van der Waals surface area (Å²) in [5, 5.41) is 0.0662. The molecule has 0 fully saturated rings. The minimum absolute atomic E-state index is 0.0662. The molecule has 0 unspecified atom stereocenters. The van der Waals surface area contributed by atoms with E-state index < -0.39 is 6.43 Å². The van der Waals surface area contributed by atoms with Gasteiger partial charge in [0.05, 0.1) is 5.33 Å². The molecule has 1 nitrogen and oxygen atoms in total. The molecule has 0 heterocycles. The summed E-state index contributed by atoms with van der Waals surface area (Å²) in [6, 6.07) is 5.74. The first-order chi connectivity index (χ1) is 6.16. The van der Waals surface area contributed by atoms with Crippen LogP contribution in [0.5, 0.6) is 0 Å². The summed E-state index contributed by atoms with van der Waals surface area (Å²) >= 11 is 2.94. The average molecular weight is 249 g/mol. The van der Waals surface area contributed by atoms with Crippen LogP contribution >= 0.6 is 15.9 Å². The van der Waals surface area contributed by atoms with Gasteiger partial charge in [-0.1, -0.05) is 40.2 Å². The van der Waals surface area contributed by atoms with Crippen LogP contribution in [0.2, 0.25) is 0 Å². The minimum Gasteiger partial charge on any atom is -0.293 e. The lowest BCUT2D eigenvalue weighted by Gasteiger charge is -2.05. The van der Waals surface area contributed by atoms with Gasteiger partial charge in [0.25, 0.3) is 6.43 Å². The van der Waals surface area contributed by atoms with E-state index in [4.69, 9.17) is 0 Å². The highest BCUT2D eigenvalue weighted by Gasteiger charge is 2.16. The Morgan fingerprint density at radius 2 is 2.00 bits per heavy atom. The number of benzene rings is 1. The van der Waals surface area contributed by atoms with Gasteiger partial charge < -0.3 is 0 Å². The molecule has 4 heteroatoms. The Kier molecular flexibility index (Phi) is 3.54. The van der Waals surface area contributed by atoms with Gasteiger partial charge in [-0.15, -0.1) is 0 Å². The maximum absolute atomic E-state index is 12.4. The van der Waals surface area contributed by atoms with Crippen molar-refractivity contribution in [1.82, 2.24) is 0 Å². The van der Waals surface area contributed by atoms with Crippen molar-refractivity contribution in [2.24, 2.45) is 0 Å². The highest BCUT2D eigenvalue weighted by molar-refractivity contribution is 9.09. The Labute approximate surface area is 82.9 Å². The first-order valence-corrected chi connectivity index (χ1v) is 4.75. The third-order valence-electron chi connectivity index (χ3n) is 1.62. The second kappa shape index (κ2) is 4.46. The maximum atomic E-state index is 12.4. The maximum Gasteiger partial charge on any atom is 0.264 e. The molecule has 0 N–H and O–H groups in total. The number of hydrogen-bond acceptors (Lipinski definition) is 1. The fourth-order valence-electron chi connectivity index (χ4n) is 1.01. The number of carbonyl (C=O) groups excluding carboxylic acids is 1. The fourth-order valence-corrected chi connectivity index (χ4v) is 1.32. The number of carbonyl (C=O) groups is 1. The molecule has 0 aromatic heterocycles. The van der Waals surface area contributed by atoms with Crippen LogP contribution in [0.25, 0.3) is 0 Å². The van der Waals surface area contributed by atoms with Crippen molar-refractivity contribution >= 4 is 21.7 Å². The van der Waals surface area contributed by atoms with Gasteiger partial charge in [-0.2, -0.15) is 0 Å². The molecule has 0 aliphatic heterocycles. The highest BCUT2D eigenvalue weighted by Crippen LogP contribution is 2.23. The molecular formula is C9H7BrF2O. The number of alkyl halides is 3. The summed E-state index contributed by atoms with van der Waals surface area (Å²) in [5.41, 5.74) is -0.110. The van der Waals surface area contributed by atoms with Gasteiger partial charge in [0.15, 0.2) is 5.78 Å². The number of halogens is 3. The molecule has 70 valence electrons. The first kappa shape index (κ1) is 10.3. The average Bonchev–Trinajstić information content (AvgIpc) is 2.16. The van der Waals surface area contributed by atoms with Crippen LogP contribution in [0.4, 0.5) is 8.78 Å². The Bertz CT molecular complexity index is 312. The number of hydrogen-bond donors (Lipinski definition) is 0. The Balaban J connectivity index is 3.12. The molecule has 0 saturated carbocycles. The van der Waals surface area contributed by atoms with Crippen molar-refractivity contribution in [2.75, 3.05) is 5.33 Å². The van der Waals surface area contributed by atoms with Crippen molar-refractivity contribution in [1.29, 1.82) is 0 Å². The summed E-state index contributed by atoms with van der Waals surface area (Å²) in [6.07, 6.45) is -2.60. The van der Waals surface area contributed by atoms with Crippen molar-refractivity contribution in [3.8, 4) is 0 Å². The van der Waals surface area contributed by atoms with Gasteiger partial charge in [0.1, 0.15) is 0 Å². The standard InChI is InChI=1S/C9H7BrF2O/c10-5-8(13)6-3-1-2-4-7(6)9(11)12/h1-4,9H,5H2. The Morgan fingerprint density at radius 1 is 1.38 bits per heavy atom. The quantitative estimate of drug-likeness (QED) is 0.593. The number of Topliss-reactive ketones (excluding diaryl/α,β-unsaturated/α-hetero) is 1. The van der Waals surface area contributed by atoms with Crippen LogP contribution in [-0.2, 0) is 0 Å². The molecule has 0 aliphatic carbocycles. The molecule has 0 aliphatic rings. The van der Waals surface area contributed by atoms with Crippen LogP contribution in [-0.4, -0.2) is 11.1 Å². The van der Waals surface area contributed by atoms with Gasteiger partial charge >= 0.3 is 0 Å². The van der Waals surface area contributed by atoms with E-state index in [-0.39, 0.29) is 22.2 Å². The van der Waals surface area contributed by atoms with Crippen molar-refractivity contribution in [3.63, 3.8) is 0 Å². The van der Waals surface area contributed by atoms with E-state index in [1.165, 1.54) is 18.2 Å². The van der Waals surface area contributed by atoms with E-state index in [2.05, 4.69) is 15.9 Å². The van der Waals surface area contributed by atoms with Gasteiger partial charge in [0.2, 0.25) is 0 Å².